The number of nitrogens with one attached hydrogen (secondary N) is 1. The van der Waals surface area contributed by atoms with Gasteiger partial charge in [0.05, 0.1) is 18.7 Å². The highest BCUT2D eigenvalue weighted by atomic mass is 19.1. The number of aryl methyl sites for hydroxylation is 1. The third-order valence-electron chi connectivity index (χ3n) is 4.57. The van der Waals surface area contributed by atoms with Gasteiger partial charge in [-0.25, -0.2) is 4.39 Å². The van der Waals surface area contributed by atoms with Crippen LogP contribution >= 0.6 is 0 Å². The first kappa shape index (κ1) is 17.9. The number of anilines is 1. The number of hydrogen-bond acceptors (Lipinski definition) is 3. The molecule has 0 spiro atoms. The first-order chi connectivity index (χ1) is 12.5. The van der Waals surface area contributed by atoms with Crippen LogP contribution < -0.4 is 15.0 Å². The Morgan fingerprint density at radius 1 is 1.31 bits per heavy atom. The predicted molar refractivity (Wildman–Crippen MR) is 96.4 cm³/mol. The number of rotatable bonds is 5. The lowest BCUT2D eigenvalue weighted by atomic mass is 10.1. The third kappa shape index (κ3) is 3.69. The molecule has 0 aromatic heterocycles. The molecule has 0 bridgehead atoms. The molecule has 2 amide bonds. The van der Waals surface area contributed by atoms with Crippen molar-refractivity contribution in [2.45, 2.75) is 19.9 Å². The zero-order valence-electron chi connectivity index (χ0n) is 14.8. The fourth-order valence-corrected chi connectivity index (χ4v) is 3.05. The highest BCUT2D eigenvalue weighted by Crippen LogP contribution is 2.32. The molecule has 1 aliphatic rings. The number of para-hydroxylation sites is 2. The van der Waals surface area contributed by atoms with Gasteiger partial charge in [0.1, 0.15) is 11.6 Å². The van der Waals surface area contributed by atoms with Gasteiger partial charge >= 0.3 is 0 Å². The summed E-state index contributed by atoms with van der Waals surface area (Å²) in [6.07, 6.45) is 0.145. The second-order valence-corrected chi connectivity index (χ2v) is 6.38. The summed E-state index contributed by atoms with van der Waals surface area (Å²) in [4.78, 5) is 26.4. The van der Waals surface area contributed by atoms with Gasteiger partial charge in [-0.05, 0) is 36.2 Å². The van der Waals surface area contributed by atoms with Gasteiger partial charge in [-0.2, -0.15) is 0 Å². The van der Waals surface area contributed by atoms with Crippen LogP contribution in [0.2, 0.25) is 0 Å². The van der Waals surface area contributed by atoms with E-state index in [1.165, 1.54) is 6.07 Å². The summed E-state index contributed by atoms with van der Waals surface area (Å²) in [5.41, 5.74) is 1.91. The number of halogens is 1. The van der Waals surface area contributed by atoms with Crippen LogP contribution in [0.25, 0.3) is 0 Å². The Bertz CT molecular complexity index is 838. The number of methoxy groups -OCH3 is 1. The Balaban J connectivity index is 1.64. The first-order valence-electron chi connectivity index (χ1n) is 8.45. The van der Waals surface area contributed by atoms with Gasteiger partial charge in [0, 0.05) is 19.5 Å². The molecule has 2 aromatic carbocycles. The van der Waals surface area contributed by atoms with Gasteiger partial charge in [-0.1, -0.05) is 24.3 Å². The van der Waals surface area contributed by atoms with Crippen LogP contribution in [0.15, 0.2) is 42.5 Å². The molecule has 3 rings (SSSR count). The van der Waals surface area contributed by atoms with Gasteiger partial charge < -0.3 is 15.0 Å². The zero-order chi connectivity index (χ0) is 18.7. The van der Waals surface area contributed by atoms with Crippen LogP contribution in [0.3, 0.4) is 0 Å². The molecule has 0 saturated carbocycles. The lowest BCUT2D eigenvalue weighted by molar-refractivity contribution is -0.126. The Morgan fingerprint density at radius 3 is 2.81 bits per heavy atom. The van der Waals surface area contributed by atoms with Crippen molar-refractivity contribution in [2.24, 2.45) is 5.92 Å². The van der Waals surface area contributed by atoms with E-state index in [-0.39, 0.29) is 30.6 Å². The van der Waals surface area contributed by atoms with Crippen molar-refractivity contribution in [1.29, 1.82) is 0 Å². The van der Waals surface area contributed by atoms with Gasteiger partial charge in [0.25, 0.3) is 0 Å². The fraction of sp³-hybridized carbons (Fsp3) is 0.300. The molecule has 26 heavy (non-hydrogen) atoms. The molecule has 1 atom stereocenters. The maximum Gasteiger partial charge on any atom is 0.227 e. The van der Waals surface area contributed by atoms with Crippen LogP contribution in [-0.4, -0.2) is 25.5 Å². The standard InChI is InChI=1S/C20H21FN2O3/c1-13-7-8-14(9-16(13)21)11-22-20(25)15-10-19(24)23(12-15)17-5-3-4-6-18(17)26-2/h3-9,15H,10-12H2,1-2H3,(H,22,25)/t15-/m0/s1. The number of ether oxygens (including phenoxy) is 1. The van der Waals surface area contributed by atoms with E-state index in [2.05, 4.69) is 5.32 Å². The Kier molecular flexibility index (Phi) is 5.21. The molecule has 1 aliphatic heterocycles. The third-order valence-corrected chi connectivity index (χ3v) is 4.57. The SMILES string of the molecule is COc1ccccc1N1C[C@@H](C(=O)NCc2ccc(C)c(F)c2)CC1=O. The van der Waals surface area contributed by atoms with Crippen LogP contribution in [-0.2, 0) is 16.1 Å². The molecule has 5 nitrogen and oxygen atoms in total. The van der Waals surface area contributed by atoms with Crippen molar-refractivity contribution < 1.29 is 18.7 Å². The van der Waals surface area contributed by atoms with Gasteiger partial charge in [-0.3, -0.25) is 9.59 Å². The summed E-state index contributed by atoms with van der Waals surface area (Å²) >= 11 is 0. The van der Waals surface area contributed by atoms with Crippen LogP contribution in [0, 0.1) is 18.7 Å². The van der Waals surface area contributed by atoms with E-state index in [0.717, 1.165) is 0 Å². The minimum absolute atomic E-state index is 0.115. The van der Waals surface area contributed by atoms with E-state index in [1.54, 1.807) is 43.2 Å². The molecular formula is C20H21FN2O3. The number of carbonyl (C=O) groups excluding carboxylic acids is 2. The maximum absolute atomic E-state index is 13.6. The van der Waals surface area contributed by atoms with Crippen molar-refractivity contribution in [3.63, 3.8) is 0 Å². The lowest BCUT2D eigenvalue weighted by Crippen LogP contribution is -2.32. The summed E-state index contributed by atoms with van der Waals surface area (Å²) in [6, 6.07) is 12.1. The summed E-state index contributed by atoms with van der Waals surface area (Å²) in [6.45, 7) is 2.22. The first-order valence-corrected chi connectivity index (χ1v) is 8.45. The second-order valence-electron chi connectivity index (χ2n) is 6.38. The summed E-state index contributed by atoms with van der Waals surface area (Å²) < 4.78 is 18.9. The largest absolute Gasteiger partial charge is 0.495 e. The van der Waals surface area contributed by atoms with E-state index in [9.17, 15) is 14.0 Å². The van der Waals surface area contributed by atoms with E-state index in [0.29, 0.717) is 29.1 Å². The van der Waals surface area contributed by atoms with E-state index >= 15 is 0 Å². The Morgan fingerprint density at radius 2 is 2.08 bits per heavy atom. The van der Waals surface area contributed by atoms with Crippen molar-refractivity contribution >= 4 is 17.5 Å². The molecule has 0 radical (unpaired) electrons. The number of nitrogens with zero attached hydrogens (tertiary/aromatic N) is 1. The molecule has 6 heteroatoms. The average Bonchev–Trinajstić information content (AvgIpc) is 3.04. The topological polar surface area (TPSA) is 58.6 Å². The number of carbonyl (C=O) groups is 2. The zero-order valence-corrected chi connectivity index (χ0v) is 14.8. The van der Waals surface area contributed by atoms with Gasteiger partial charge in [0.15, 0.2) is 0 Å². The molecule has 1 saturated heterocycles. The average molecular weight is 356 g/mol. The molecule has 0 aliphatic carbocycles. The maximum atomic E-state index is 13.6. The quantitative estimate of drug-likeness (QED) is 0.896. The van der Waals surface area contributed by atoms with Crippen LogP contribution in [0.1, 0.15) is 17.5 Å². The van der Waals surface area contributed by atoms with Gasteiger partial charge in [0.2, 0.25) is 11.8 Å². The van der Waals surface area contributed by atoms with Crippen molar-refractivity contribution in [3.05, 3.63) is 59.4 Å². The smallest absolute Gasteiger partial charge is 0.227 e. The van der Waals surface area contributed by atoms with E-state index in [4.69, 9.17) is 4.74 Å². The predicted octanol–water partition coefficient (Wildman–Crippen LogP) is 2.81. The Labute approximate surface area is 151 Å². The number of benzene rings is 2. The fourth-order valence-electron chi connectivity index (χ4n) is 3.05. The number of hydrogen-bond donors (Lipinski definition) is 1. The molecule has 0 unspecified atom stereocenters. The summed E-state index contributed by atoms with van der Waals surface area (Å²) in [5, 5.41) is 2.79. The molecule has 1 heterocycles. The summed E-state index contributed by atoms with van der Waals surface area (Å²) in [5.74, 6) is -0.470. The highest BCUT2D eigenvalue weighted by molar-refractivity contribution is 6.01. The highest BCUT2D eigenvalue weighted by Gasteiger charge is 2.36. The lowest BCUT2D eigenvalue weighted by Gasteiger charge is -2.19. The summed E-state index contributed by atoms with van der Waals surface area (Å²) in [7, 11) is 1.55. The van der Waals surface area contributed by atoms with Crippen molar-refractivity contribution in [2.75, 3.05) is 18.6 Å². The van der Waals surface area contributed by atoms with Crippen LogP contribution in [0.4, 0.5) is 10.1 Å². The monoisotopic (exact) mass is 356 g/mol. The van der Waals surface area contributed by atoms with E-state index in [1.807, 2.05) is 12.1 Å². The normalized spacial score (nSPS) is 16.7. The minimum atomic E-state index is -0.442. The molecule has 2 aromatic rings. The van der Waals surface area contributed by atoms with Crippen molar-refractivity contribution in [1.82, 2.24) is 5.32 Å². The molecule has 1 N–H and O–H groups in total. The molecular weight excluding hydrogens is 335 g/mol. The Hall–Kier alpha value is -2.89. The minimum Gasteiger partial charge on any atom is -0.495 e. The molecule has 1 fully saturated rings. The van der Waals surface area contributed by atoms with E-state index < -0.39 is 5.92 Å². The van der Waals surface area contributed by atoms with Gasteiger partial charge in [-0.15, -0.1) is 0 Å². The van der Waals surface area contributed by atoms with Crippen LogP contribution in [0.5, 0.6) is 5.75 Å². The van der Waals surface area contributed by atoms with Crippen molar-refractivity contribution in [3.8, 4) is 5.75 Å². The second kappa shape index (κ2) is 7.56. The molecule has 136 valence electrons. The number of amides is 2.